The zero-order valence-corrected chi connectivity index (χ0v) is 13.1. The maximum atomic E-state index is 3.51. The van der Waals surface area contributed by atoms with Gasteiger partial charge in [0.2, 0.25) is 0 Å². The van der Waals surface area contributed by atoms with Crippen molar-refractivity contribution in [3.05, 3.63) is 28.7 Å². The quantitative estimate of drug-likeness (QED) is 0.814. The number of rotatable bonds is 2. The molecule has 1 aromatic rings. The zero-order valence-electron chi connectivity index (χ0n) is 11.5. The van der Waals surface area contributed by atoms with Gasteiger partial charge < -0.3 is 9.80 Å². The van der Waals surface area contributed by atoms with Gasteiger partial charge in [0.05, 0.1) is 0 Å². The summed E-state index contributed by atoms with van der Waals surface area (Å²) in [5, 5.41) is 0. The van der Waals surface area contributed by atoms with Crippen molar-refractivity contribution in [2.75, 3.05) is 31.1 Å². The predicted molar refractivity (Wildman–Crippen MR) is 84.8 cm³/mol. The van der Waals surface area contributed by atoms with E-state index in [0.717, 1.165) is 6.04 Å². The molecule has 104 valence electrons. The summed E-state index contributed by atoms with van der Waals surface area (Å²) in [6.45, 7) is 5.09. The van der Waals surface area contributed by atoms with Crippen LogP contribution in [0.4, 0.5) is 5.69 Å². The molecular formula is C16H23BrN2. The van der Waals surface area contributed by atoms with Crippen molar-refractivity contribution < 1.29 is 0 Å². The molecule has 0 spiro atoms. The second kappa shape index (κ2) is 6.27. The van der Waals surface area contributed by atoms with Gasteiger partial charge in [-0.15, -0.1) is 0 Å². The van der Waals surface area contributed by atoms with Crippen molar-refractivity contribution in [2.45, 2.75) is 38.1 Å². The van der Waals surface area contributed by atoms with E-state index in [1.54, 1.807) is 0 Å². The van der Waals surface area contributed by atoms with Gasteiger partial charge in [0, 0.05) is 29.3 Å². The monoisotopic (exact) mass is 322 g/mol. The number of piperidine rings is 2. The molecule has 1 aromatic carbocycles. The van der Waals surface area contributed by atoms with Crippen LogP contribution < -0.4 is 4.90 Å². The normalized spacial score (nSPS) is 22.7. The average Bonchev–Trinajstić information content (AvgIpc) is 2.49. The highest BCUT2D eigenvalue weighted by atomic mass is 79.9. The van der Waals surface area contributed by atoms with E-state index in [1.165, 1.54) is 68.4 Å². The Labute approximate surface area is 124 Å². The molecule has 0 aromatic heterocycles. The minimum atomic E-state index is 0.840. The number of likely N-dealkylation sites (tertiary alicyclic amines) is 1. The Kier molecular flexibility index (Phi) is 4.44. The smallest absolute Gasteiger partial charge is 0.0366 e. The molecule has 2 saturated heterocycles. The molecule has 0 N–H and O–H groups in total. The fraction of sp³-hybridized carbons (Fsp3) is 0.625. The summed E-state index contributed by atoms with van der Waals surface area (Å²) in [7, 11) is 0. The summed E-state index contributed by atoms with van der Waals surface area (Å²) in [4.78, 5) is 5.27. The second-order valence-corrected chi connectivity index (χ2v) is 6.71. The summed E-state index contributed by atoms with van der Waals surface area (Å²) in [6, 6.07) is 9.58. The van der Waals surface area contributed by atoms with Crippen LogP contribution in [0.25, 0.3) is 0 Å². The molecule has 0 radical (unpaired) electrons. The van der Waals surface area contributed by atoms with Gasteiger partial charge in [-0.05, 0) is 63.0 Å². The SMILES string of the molecule is Brc1ccc(N2CCC(N3CCCCC3)CC2)cc1. The first kappa shape index (κ1) is 13.4. The number of anilines is 1. The Balaban J connectivity index is 1.55. The fourth-order valence-corrected chi connectivity index (χ4v) is 3.69. The Morgan fingerprint density at radius 3 is 2.11 bits per heavy atom. The molecule has 0 unspecified atom stereocenters. The summed E-state index contributed by atoms with van der Waals surface area (Å²) >= 11 is 3.51. The Bertz CT molecular complexity index is 390. The topological polar surface area (TPSA) is 6.48 Å². The number of benzene rings is 1. The van der Waals surface area contributed by atoms with Gasteiger partial charge in [0.15, 0.2) is 0 Å². The molecule has 0 aliphatic carbocycles. The first-order chi connectivity index (χ1) is 9.33. The van der Waals surface area contributed by atoms with Crippen molar-refractivity contribution in [3.63, 3.8) is 0 Å². The van der Waals surface area contributed by atoms with E-state index in [2.05, 4.69) is 50.0 Å². The van der Waals surface area contributed by atoms with Crippen molar-refractivity contribution in [1.82, 2.24) is 4.90 Å². The molecule has 2 aliphatic rings. The van der Waals surface area contributed by atoms with E-state index in [-0.39, 0.29) is 0 Å². The lowest BCUT2D eigenvalue weighted by molar-refractivity contribution is 0.141. The molecule has 3 rings (SSSR count). The third-order valence-corrected chi connectivity index (χ3v) is 5.09. The van der Waals surface area contributed by atoms with Crippen molar-refractivity contribution >= 4 is 21.6 Å². The Morgan fingerprint density at radius 1 is 0.842 bits per heavy atom. The second-order valence-electron chi connectivity index (χ2n) is 5.79. The van der Waals surface area contributed by atoms with Crippen LogP contribution >= 0.6 is 15.9 Å². The van der Waals surface area contributed by atoms with Crippen LogP contribution in [0.2, 0.25) is 0 Å². The number of nitrogens with zero attached hydrogens (tertiary/aromatic N) is 2. The highest BCUT2D eigenvalue weighted by Crippen LogP contribution is 2.25. The van der Waals surface area contributed by atoms with Crippen LogP contribution in [0.1, 0.15) is 32.1 Å². The van der Waals surface area contributed by atoms with Crippen LogP contribution in [0.5, 0.6) is 0 Å². The summed E-state index contributed by atoms with van der Waals surface area (Å²) in [6.07, 6.45) is 6.92. The molecule has 2 heterocycles. The van der Waals surface area contributed by atoms with E-state index in [1.807, 2.05) is 0 Å². The molecule has 0 amide bonds. The van der Waals surface area contributed by atoms with Gasteiger partial charge >= 0.3 is 0 Å². The highest BCUT2D eigenvalue weighted by molar-refractivity contribution is 9.10. The third kappa shape index (κ3) is 3.32. The lowest BCUT2D eigenvalue weighted by Crippen LogP contribution is -2.46. The van der Waals surface area contributed by atoms with Gasteiger partial charge in [0.25, 0.3) is 0 Å². The predicted octanol–water partition coefficient (Wildman–Crippen LogP) is 3.90. The maximum absolute atomic E-state index is 3.51. The van der Waals surface area contributed by atoms with Crippen molar-refractivity contribution in [3.8, 4) is 0 Å². The number of hydrogen-bond donors (Lipinski definition) is 0. The molecule has 0 saturated carbocycles. The lowest BCUT2D eigenvalue weighted by atomic mass is 9.99. The molecule has 0 bridgehead atoms. The van der Waals surface area contributed by atoms with E-state index in [9.17, 15) is 0 Å². The largest absolute Gasteiger partial charge is 0.371 e. The molecule has 19 heavy (non-hydrogen) atoms. The van der Waals surface area contributed by atoms with E-state index in [0.29, 0.717) is 0 Å². The number of halogens is 1. The lowest BCUT2D eigenvalue weighted by Gasteiger charge is -2.41. The molecule has 2 fully saturated rings. The zero-order chi connectivity index (χ0) is 13.1. The number of hydrogen-bond acceptors (Lipinski definition) is 2. The third-order valence-electron chi connectivity index (χ3n) is 4.56. The van der Waals surface area contributed by atoms with Crippen LogP contribution in [0, 0.1) is 0 Å². The molecule has 3 heteroatoms. The minimum absolute atomic E-state index is 0.840. The van der Waals surface area contributed by atoms with Gasteiger partial charge in [-0.3, -0.25) is 0 Å². The van der Waals surface area contributed by atoms with Crippen LogP contribution in [0.3, 0.4) is 0 Å². The first-order valence-electron chi connectivity index (χ1n) is 7.57. The highest BCUT2D eigenvalue weighted by Gasteiger charge is 2.25. The summed E-state index contributed by atoms with van der Waals surface area (Å²) in [5.41, 5.74) is 1.38. The standard InChI is InChI=1S/C16H23BrN2/c17-14-4-6-15(7-5-14)19-12-8-16(9-13-19)18-10-2-1-3-11-18/h4-7,16H,1-3,8-13H2. The van der Waals surface area contributed by atoms with E-state index < -0.39 is 0 Å². The average molecular weight is 323 g/mol. The summed E-state index contributed by atoms with van der Waals surface area (Å²) in [5.74, 6) is 0. The maximum Gasteiger partial charge on any atom is 0.0366 e. The van der Waals surface area contributed by atoms with Gasteiger partial charge in [-0.2, -0.15) is 0 Å². The Hall–Kier alpha value is -0.540. The first-order valence-corrected chi connectivity index (χ1v) is 8.37. The van der Waals surface area contributed by atoms with Gasteiger partial charge in [0.1, 0.15) is 0 Å². The van der Waals surface area contributed by atoms with E-state index in [4.69, 9.17) is 0 Å². The van der Waals surface area contributed by atoms with Gasteiger partial charge in [-0.1, -0.05) is 22.4 Å². The Morgan fingerprint density at radius 2 is 1.47 bits per heavy atom. The van der Waals surface area contributed by atoms with E-state index >= 15 is 0 Å². The van der Waals surface area contributed by atoms with Crippen molar-refractivity contribution in [2.24, 2.45) is 0 Å². The fourth-order valence-electron chi connectivity index (χ4n) is 3.42. The molecular weight excluding hydrogens is 300 g/mol. The summed E-state index contributed by atoms with van der Waals surface area (Å²) < 4.78 is 1.17. The van der Waals surface area contributed by atoms with Crippen LogP contribution in [0.15, 0.2) is 28.7 Å². The van der Waals surface area contributed by atoms with Crippen molar-refractivity contribution in [1.29, 1.82) is 0 Å². The van der Waals surface area contributed by atoms with Crippen LogP contribution in [-0.2, 0) is 0 Å². The van der Waals surface area contributed by atoms with Gasteiger partial charge in [-0.25, -0.2) is 0 Å². The molecule has 2 aliphatic heterocycles. The molecule has 2 nitrogen and oxygen atoms in total. The van der Waals surface area contributed by atoms with Crippen LogP contribution in [-0.4, -0.2) is 37.1 Å². The minimum Gasteiger partial charge on any atom is -0.371 e. The molecule has 0 atom stereocenters.